The number of anilines is 1. The SMILES string of the molecule is CC(O)C1C(CO)CC1n1cnc2c(N)ncnc21. The van der Waals surface area contributed by atoms with E-state index in [1.165, 1.54) is 6.33 Å². The standard InChI is InChI=1S/C12H17N5O2/c1-6(19)9-7(3-18)2-8(9)17-5-16-10-11(13)14-4-15-12(10)17/h4-9,18-19H,2-3H2,1H3,(H2,13,14,15). The number of rotatable bonds is 3. The quantitative estimate of drug-likeness (QED) is 0.716. The number of aliphatic hydroxyl groups excluding tert-OH is 2. The zero-order valence-electron chi connectivity index (χ0n) is 10.6. The van der Waals surface area contributed by atoms with Gasteiger partial charge in [0.05, 0.1) is 12.4 Å². The molecule has 1 aliphatic carbocycles. The van der Waals surface area contributed by atoms with Crippen molar-refractivity contribution in [1.29, 1.82) is 0 Å². The minimum atomic E-state index is -0.479. The van der Waals surface area contributed by atoms with E-state index in [0.717, 1.165) is 6.42 Å². The number of imidazole rings is 1. The van der Waals surface area contributed by atoms with E-state index < -0.39 is 6.10 Å². The summed E-state index contributed by atoms with van der Waals surface area (Å²) in [5, 5.41) is 19.2. The van der Waals surface area contributed by atoms with Gasteiger partial charge in [-0.3, -0.25) is 0 Å². The van der Waals surface area contributed by atoms with Gasteiger partial charge in [0, 0.05) is 18.6 Å². The molecule has 1 aliphatic rings. The van der Waals surface area contributed by atoms with Crippen molar-refractivity contribution in [3.05, 3.63) is 12.7 Å². The van der Waals surface area contributed by atoms with E-state index in [1.54, 1.807) is 13.3 Å². The van der Waals surface area contributed by atoms with Gasteiger partial charge in [-0.05, 0) is 19.3 Å². The summed E-state index contributed by atoms with van der Waals surface area (Å²) in [6.07, 6.45) is 3.42. The van der Waals surface area contributed by atoms with Crippen LogP contribution in [-0.2, 0) is 0 Å². The first-order valence-corrected chi connectivity index (χ1v) is 6.35. The minimum Gasteiger partial charge on any atom is -0.396 e. The van der Waals surface area contributed by atoms with Gasteiger partial charge in [-0.2, -0.15) is 0 Å². The van der Waals surface area contributed by atoms with Crippen LogP contribution in [0.25, 0.3) is 11.2 Å². The zero-order valence-corrected chi connectivity index (χ0v) is 10.6. The molecule has 102 valence electrons. The number of fused-ring (bicyclic) bond motifs is 1. The number of aliphatic hydroxyl groups is 2. The monoisotopic (exact) mass is 263 g/mol. The van der Waals surface area contributed by atoms with Crippen molar-refractivity contribution >= 4 is 17.0 Å². The first-order chi connectivity index (χ1) is 9.13. The first-order valence-electron chi connectivity index (χ1n) is 6.35. The van der Waals surface area contributed by atoms with Crippen molar-refractivity contribution in [2.24, 2.45) is 11.8 Å². The first kappa shape index (κ1) is 12.3. The van der Waals surface area contributed by atoms with E-state index in [0.29, 0.717) is 17.0 Å². The normalized spacial score (nSPS) is 28.3. The Balaban J connectivity index is 1.99. The topological polar surface area (TPSA) is 110 Å². The molecule has 1 saturated carbocycles. The van der Waals surface area contributed by atoms with Crippen molar-refractivity contribution < 1.29 is 10.2 Å². The molecule has 0 aromatic carbocycles. The largest absolute Gasteiger partial charge is 0.396 e. The smallest absolute Gasteiger partial charge is 0.165 e. The Morgan fingerprint density at radius 3 is 2.95 bits per heavy atom. The number of nitrogens with two attached hydrogens (primary N) is 1. The van der Waals surface area contributed by atoms with E-state index in [2.05, 4.69) is 15.0 Å². The van der Waals surface area contributed by atoms with Crippen LogP contribution in [0, 0.1) is 11.8 Å². The Morgan fingerprint density at radius 2 is 2.26 bits per heavy atom. The van der Waals surface area contributed by atoms with E-state index in [1.807, 2.05) is 4.57 Å². The molecule has 2 aromatic heterocycles. The van der Waals surface area contributed by atoms with Gasteiger partial charge in [-0.25, -0.2) is 15.0 Å². The fraction of sp³-hybridized carbons (Fsp3) is 0.583. The van der Waals surface area contributed by atoms with Crippen LogP contribution in [-0.4, -0.2) is 42.4 Å². The molecule has 3 rings (SSSR count). The summed E-state index contributed by atoms with van der Waals surface area (Å²) < 4.78 is 1.93. The van der Waals surface area contributed by atoms with Crippen LogP contribution >= 0.6 is 0 Å². The van der Waals surface area contributed by atoms with Gasteiger partial charge >= 0.3 is 0 Å². The highest BCUT2D eigenvalue weighted by atomic mass is 16.3. The maximum Gasteiger partial charge on any atom is 0.165 e. The van der Waals surface area contributed by atoms with Crippen molar-refractivity contribution in [2.45, 2.75) is 25.5 Å². The average molecular weight is 263 g/mol. The molecule has 4 unspecified atom stereocenters. The van der Waals surface area contributed by atoms with Gasteiger partial charge in [-0.15, -0.1) is 0 Å². The molecular weight excluding hydrogens is 246 g/mol. The highest BCUT2D eigenvalue weighted by Gasteiger charge is 2.44. The number of nitrogens with zero attached hydrogens (tertiary/aromatic N) is 4. The zero-order chi connectivity index (χ0) is 13.6. The van der Waals surface area contributed by atoms with E-state index in [-0.39, 0.29) is 24.5 Å². The molecule has 0 aliphatic heterocycles. The van der Waals surface area contributed by atoms with Crippen LogP contribution < -0.4 is 5.73 Å². The molecule has 7 heteroatoms. The van der Waals surface area contributed by atoms with Crippen LogP contribution in [0.4, 0.5) is 5.82 Å². The van der Waals surface area contributed by atoms with Gasteiger partial charge in [0.25, 0.3) is 0 Å². The molecule has 0 radical (unpaired) electrons. The summed E-state index contributed by atoms with van der Waals surface area (Å²) in [6, 6.07) is 0.0939. The molecule has 1 fully saturated rings. The van der Waals surface area contributed by atoms with Crippen molar-refractivity contribution in [2.75, 3.05) is 12.3 Å². The number of hydrogen-bond donors (Lipinski definition) is 3. The van der Waals surface area contributed by atoms with Crippen LogP contribution in [0.15, 0.2) is 12.7 Å². The minimum absolute atomic E-state index is 0.0126. The van der Waals surface area contributed by atoms with E-state index in [9.17, 15) is 10.2 Å². The summed E-state index contributed by atoms with van der Waals surface area (Å²) in [5.41, 5.74) is 7.02. The summed E-state index contributed by atoms with van der Waals surface area (Å²) in [7, 11) is 0. The summed E-state index contributed by atoms with van der Waals surface area (Å²) in [6.45, 7) is 1.85. The summed E-state index contributed by atoms with van der Waals surface area (Å²) in [5.74, 6) is 0.496. The molecule has 2 aromatic rings. The van der Waals surface area contributed by atoms with Gasteiger partial charge in [0.2, 0.25) is 0 Å². The lowest BCUT2D eigenvalue weighted by atomic mass is 9.67. The number of aromatic nitrogens is 4. The fourth-order valence-electron chi connectivity index (χ4n) is 3.07. The second-order valence-electron chi connectivity index (χ2n) is 5.15. The fourth-order valence-corrected chi connectivity index (χ4v) is 3.07. The lowest BCUT2D eigenvalue weighted by Crippen LogP contribution is -2.46. The van der Waals surface area contributed by atoms with Crippen LogP contribution in [0.5, 0.6) is 0 Å². The molecule has 4 N–H and O–H groups in total. The third-order valence-corrected chi connectivity index (χ3v) is 4.07. The lowest BCUT2D eigenvalue weighted by Gasteiger charge is -2.46. The number of nitrogen functional groups attached to an aromatic ring is 1. The van der Waals surface area contributed by atoms with E-state index in [4.69, 9.17) is 5.73 Å². The Morgan fingerprint density at radius 1 is 1.47 bits per heavy atom. The maximum absolute atomic E-state index is 9.87. The average Bonchev–Trinajstić information content (AvgIpc) is 2.73. The van der Waals surface area contributed by atoms with E-state index >= 15 is 0 Å². The Labute approximate surface area is 110 Å². The lowest BCUT2D eigenvalue weighted by molar-refractivity contribution is -0.0464. The number of hydrogen-bond acceptors (Lipinski definition) is 6. The molecule has 0 bridgehead atoms. The molecule has 19 heavy (non-hydrogen) atoms. The molecule has 0 saturated heterocycles. The third kappa shape index (κ3) is 1.77. The Bertz CT molecular complexity index is 597. The molecule has 2 heterocycles. The third-order valence-electron chi connectivity index (χ3n) is 4.07. The van der Waals surface area contributed by atoms with Crippen molar-refractivity contribution in [3.8, 4) is 0 Å². The molecule has 0 spiro atoms. The second kappa shape index (κ2) is 4.43. The highest BCUT2D eigenvalue weighted by molar-refractivity contribution is 5.81. The summed E-state index contributed by atoms with van der Waals surface area (Å²) >= 11 is 0. The molecule has 4 atom stereocenters. The molecular formula is C12H17N5O2. The predicted octanol–water partition coefficient (Wildman–Crippen LogP) is -0.0412. The van der Waals surface area contributed by atoms with Crippen molar-refractivity contribution in [1.82, 2.24) is 19.5 Å². The molecule has 0 amide bonds. The predicted molar refractivity (Wildman–Crippen MR) is 69.1 cm³/mol. The van der Waals surface area contributed by atoms with Crippen molar-refractivity contribution in [3.63, 3.8) is 0 Å². The van der Waals surface area contributed by atoms with Crippen LogP contribution in [0.3, 0.4) is 0 Å². The Hall–Kier alpha value is -1.73. The summed E-state index contributed by atoms with van der Waals surface area (Å²) in [4.78, 5) is 12.4. The highest BCUT2D eigenvalue weighted by Crippen LogP contribution is 2.46. The van der Waals surface area contributed by atoms with Gasteiger partial charge in [0.15, 0.2) is 11.5 Å². The van der Waals surface area contributed by atoms with Gasteiger partial charge in [-0.1, -0.05) is 0 Å². The second-order valence-corrected chi connectivity index (χ2v) is 5.15. The van der Waals surface area contributed by atoms with Crippen LogP contribution in [0.1, 0.15) is 19.4 Å². The van der Waals surface area contributed by atoms with Gasteiger partial charge in [0.1, 0.15) is 11.8 Å². The maximum atomic E-state index is 9.87. The van der Waals surface area contributed by atoms with Gasteiger partial charge < -0.3 is 20.5 Å². The molecule has 7 nitrogen and oxygen atoms in total. The Kier molecular flexibility index (Phi) is 2.87. The van der Waals surface area contributed by atoms with Crippen LogP contribution in [0.2, 0.25) is 0 Å².